The third-order valence-electron chi connectivity index (χ3n) is 4.03. The first kappa shape index (κ1) is 20.5. The summed E-state index contributed by atoms with van der Waals surface area (Å²) in [5, 5.41) is 0. The molecule has 0 unspecified atom stereocenters. The van der Waals surface area contributed by atoms with E-state index in [9.17, 15) is 4.79 Å². The van der Waals surface area contributed by atoms with E-state index in [-0.39, 0.29) is 0 Å². The van der Waals surface area contributed by atoms with Crippen molar-refractivity contribution in [1.82, 2.24) is 0 Å². The summed E-state index contributed by atoms with van der Waals surface area (Å²) in [6.45, 7) is 2.28. The van der Waals surface area contributed by atoms with E-state index < -0.39 is 0 Å². The Morgan fingerprint density at radius 3 is 1.20 bits per heavy atom. The molecule has 2 heteroatoms. The van der Waals surface area contributed by atoms with E-state index >= 15 is 0 Å². The maximum absolute atomic E-state index is 10.8. The van der Waals surface area contributed by atoms with Crippen LogP contribution in [0.5, 0.6) is 0 Å². The molecule has 0 fully saturated rings. The first-order valence-corrected chi connectivity index (χ1v) is 10.7. The summed E-state index contributed by atoms with van der Waals surface area (Å²) >= 11 is 0.812. The van der Waals surface area contributed by atoms with Crippen LogP contribution in [0.4, 0.5) is 0 Å². The Morgan fingerprint density at radius 2 is 0.900 bits per heavy atom. The third-order valence-corrected chi connectivity index (χ3v) is 4.85. The van der Waals surface area contributed by atoms with Gasteiger partial charge in [-0.25, -0.2) is 0 Å². The zero-order chi connectivity index (χ0) is 14.9. The van der Waals surface area contributed by atoms with Gasteiger partial charge < -0.3 is 0 Å². The molecular formula is C18H36OSn. The fraction of sp³-hybridized carbons (Fsp3) is 0.944. The molecule has 0 aliphatic heterocycles. The summed E-state index contributed by atoms with van der Waals surface area (Å²) < 4.78 is 0.477. The van der Waals surface area contributed by atoms with Gasteiger partial charge in [0.25, 0.3) is 0 Å². The molecule has 0 amide bonds. The van der Waals surface area contributed by atoms with Gasteiger partial charge in [-0.3, -0.25) is 0 Å². The molecule has 0 aromatic heterocycles. The SMILES string of the molecule is CCCCCCCCCCCCCCCCC[C](=O)[SnH]. The van der Waals surface area contributed by atoms with Crippen molar-refractivity contribution in [2.45, 2.75) is 110 Å². The predicted molar refractivity (Wildman–Crippen MR) is 91.7 cm³/mol. The maximum atomic E-state index is 10.8. The zero-order valence-electron chi connectivity index (χ0n) is 13.8. The first-order valence-electron chi connectivity index (χ1n) is 9.05. The van der Waals surface area contributed by atoms with Crippen LogP contribution in [0.25, 0.3) is 0 Å². The Balaban J connectivity index is 2.94. The summed E-state index contributed by atoms with van der Waals surface area (Å²) in [6.07, 6.45) is 21.7. The molecule has 2 radical (unpaired) electrons. The molecule has 0 spiro atoms. The summed E-state index contributed by atoms with van der Waals surface area (Å²) in [5.74, 6) is 0. The van der Waals surface area contributed by atoms with Crippen LogP contribution in [0.1, 0.15) is 110 Å². The zero-order valence-corrected chi connectivity index (χ0v) is 17.1. The third kappa shape index (κ3) is 18.5. The van der Waals surface area contributed by atoms with Gasteiger partial charge in [0.1, 0.15) is 0 Å². The Kier molecular flexibility index (Phi) is 17.9. The van der Waals surface area contributed by atoms with Crippen molar-refractivity contribution in [3.05, 3.63) is 0 Å². The number of unbranched alkanes of at least 4 members (excludes halogenated alkanes) is 14. The second-order valence-electron chi connectivity index (χ2n) is 6.17. The van der Waals surface area contributed by atoms with Crippen molar-refractivity contribution >= 4 is 26.3 Å². The summed E-state index contributed by atoms with van der Waals surface area (Å²) in [5.41, 5.74) is 0. The number of carbonyl (C=O) groups is 1. The quantitative estimate of drug-likeness (QED) is 0.246. The first-order chi connectivity index (χ1) is 9.77. The molecular weight excluding hydrogens is 351 g/mol. The topological polar surface area (TPSA) is 17.1 Å². The van der Waals surface area contributed by atoms with E-state index in [2.05, 4.69) is 6.92 Å². The van der Waals surface area contributed by atoms with E-state index in [1.54, 1.807) is 0 Å². The average Bonchev–Trinajstić information content (AvgIpc) is 2.43. The average molecular weight is 387 g/mol. The molecule has 0 aromatic rings. The van der Waals surface area contributed by atoms with Crippen LogP contribution in [0.3, 0.4) is 0 Å². The van der Waals surface area contributed by atoms with Gasteiger partial charge in [-0.05, 0) is 0 Å². The van der Waals surface area contributed by atoms with Crippen molar-refractivity contribution in [3.8, 4) is 0 Å². The number of hydrogen-bond acceptors (Lipinski definition) is 1. The molecule has 0 saturated heterocycles. The minimum absolute atomic E-state index is 0.477. The fourth-order valence-corrected chi connectivity index (χ4v) is 3.25. The molecule has 0 N–H and O–H groups in total. The molecule has 0 aromatic carbocycles. The van der Waals surface area contributed by atoms with Gasteiger partial charge in [-0.2, -0.15) is 0 Å². The van der Waals surface area contributed by atoms with E-state index in [0.717, 1.165) is 35.4 Å². The van der Waals surface area contributed by atoms with Gasteiger partial charge in [0, 0.05) is 0 Å². The van der Waals surface area contributed by atoms with E-state index in [1.165, 1.54) is 89.9 Å². The van der Waals surface area contributed by atoms with Crippen LogP contribution < -0.4 is 0 Å². The number of rotatable bonds is 16. The molecule has 0 atom stereocenters. The molecule has 0 rings (SSSR count). The Bertz CT molecular complexity index is 204. The molecule has 0 aliphatic carbocycles. The molecule has 0 saturated carbocycles. The molecule has 1 nitrogen and oxygen atoms in total. The Morgan fingerprint density at radius 1 is 0.600 bits per heavy atom. The monoisotopic (exact) mass is 388 g/mol. The summed E-state index contributed by atoms with van der Waals surface area (Å²) in [4.78, 5) is 10.8. The number of carbonyl (C=O) groups excluding carboxylic acids is 1. The van der Waals surface area contributed by atoms with Crippen molar-refractivity contribution in [1.29, 1.82) is 0 Å². The van der Waals surface area contributed by atoms with Crippen molar-refractivity contribution in [3.63, 3.8) is 0 Å². The second-order valence-corrected chi connectivity index (χ2v) is 8.00. The Labute approximate surface area is 140 Å². The summed E-state index contributed by atoms with van der Waals surface area (Å²) in [6, 6.07) is 0. The van der Waals surface area contributed by atoms with E-state index in [4.69, 9.17) is 0 Å². The van der Waals surface area contributed by atoms with Crippen LogP contribution in [-0.4, -0.2) is 26.3 Å². The van der Waals surface area contributed by atoms with Crippen LogP contribution in [0.2, 0.25) is 0 Å². The van der Waals surface area contributed by atoms with E-state index in [0.29, 0.717) is 3.80 Å². The molecule has 0 bridgehead atoms. The van der Waals surface area contributed by atoms with Crippen LogP contribution in [-0.2, 0) is 4.79 Å². The van der Waals surface area contributed by atoms with Gasteiger partial charge in [0.05, 0.1) is 0 Å². The van der Waals surface area contributed by atoms with Gasteiger partial charge in [-0.15, -0.1) is 0 Å². The van der Waals surface area contributed by atoms with Crippen molar-refractivity contribution < 1.29 is 4.79 Å². The van der Waals surface area contributed by atoms with Crippen LogP contribution in [0, 0.1) is 0 Å². The Hall–Kier alpha value is 0.469. The molecule has 20 heavy (non-hydrogen) atoms. The molecule has 0 aliphatic rings. The van der Waals surface area contributed by atoms with Gasteiger partial charge >= 0.3 is 102 Å². The van der Waals surface area contributed by atoms with E-state index in [1.807, 2.05) is 0 Å². The molecule has 0 heterocycles. The van der Waals surface area contributed by atoms with Crippen LogP contribution in [0.15, 0.2) is 0 Å². The molecule has 118 valence electrons. The van der Waals surface area contributed by atoms with Gasteiger partial charge in [0.15, 0.2) is 0 Å². The van der Waals surface area contributed by atoms with Crippen LogP contribution >= 0.6 is 0 Å². The second kappa shape index (κ2) is 17.5. The summed E-state index contributed by atoms with van der Waals surface area (Å²) in [7, 11) is 0. The van der Waals surface area contributed by atoms with Gasteiger partial charge in [0.2, 0.25) is 0 Å². The normalized spacial score (nSPS) is 10.9. The van der Waals surface area contributed by atoms with Crippen molar-refractivity contribution in [2.24, 2.45) is 0 Å². The van der Waals surface area contributed by atoms with Gasteiger partial charge in [-0.1, -0.05) is 39.0 Å². The predicted octanol–water partition coefficient (Wildman–Crippen LogP) is 5.68. The fourth-order valence-electron chi connectivity index (χ4n) is 2.67. The standard InChI is InChI=1S/C18H35O.Sn.H/c1-2-3-4-5-6-7-8-9-10-11-12-13-14-15-16-17-18-19;;/h2-17H2,1H3;;. The minimum atomic E-state index is 0.477. The number of hydrogen-bond donors (Lipinski definition) is 0. The van der Waals surface area contributed by atoms with Crippen molar-refractivity contribution in [2.75, 3.05) is 0 Å².